The van der Waals surface area contributed by atoms with E-state index in [4.69, 9.17) is 0 Å². The predicted octanol–water partition coefficient (Wildman–Crippen LogP) is 1.78. The zero-order chi connectivity index (χ0) is 11.3. The highest BCUT2D eigenvalue weighted by Crippen LogP contribution is 2.09. The zero-order valence-electron chi connectivity index (χ0n) is 10.3. The van der Waals surface area contributed by atoms with Gasteiger partial charge < -0.3 is 10.2 Å². The Morgan fingerprint density at radius 1 is 1.33 bits per heavy atom. The van der Waals surface area contributed by atoms with Crippen LogP contribution in [0.2, 0.25) is 0 Å². The van der Waals surface area contributed by atoms with Crippen LogP contribution in [-0.4, -0.2) is 36.0 Å². The van der Waals surface area contributed by atoms with Gasteiger partial charge in [0.2, 0.25) is 5.91 Å². The van der Waals surface area contributed by atoms with E-state index in [-0.39, 0.29) is 11.9 Å². The van der Waals surface area contributed by atoms with E-state index in [0.717, 1.165) is 19.5 Å². The molecule has 1 rings (SSSR count). The van der Waals surface area contributed by atoms with E-state index in [0.29, 0.717) is 6.04 Å². The molecular weight excluding hydrogens is 188 g/mol. The lowest BCUT2D eigenvalue weighted by Gasteiger charge is -2.24. The van der Waals surface area contributed by atoms with Crippen LogP contribution >= 0.6 is 0 Å². The van der Waals surface area contributed by atoms with Crippen molar-refractivity contribution in [2.24, 2.45) is 0 Å². The molecule has 0 aromatic carbocycles. The van der Waals surface area contributed by atoms with Gasteiger partial charge in [-0.3, -0.25) is 4.79 Å². The molecule has 1 amide bonds. The van der Waals surface area contributed by atoms with Crippen LogP contribution in [-0.2, 0) is 4.79 Å². The molecule has 1 saturated heterocycles. The third-order valence-corrected chi connectivity index (χ3v) is 3.04. The maximum atomic E-state index is 11.9. The van der Waals surface area contributed by atoms with Gasteiger partial charge in [0.05, 0.1) is 6.04 Å². The second kappa shape index (κ2) is 6.11. The molecule has 1 fully saturated rings. The minimum Gasteiger partial charge on any atom is -0.341 e. The van der Waals surface area contributed by atoms with Crippen molar-refractivity contribution in [3.8, 4) is 0 Å². The molecule has 0 aromatic rings. The van der Waals surface area contributed by atoms with Gasteiger partial charge in [-0.25, -0.2) is 0 Å². The minimum absolute atomic E-state index is 0.0235. The Balaban J connectivity index is 2.31. The van der Waals surface area contributed by atoms with E-state index in [1.807, 2.05) is 11.8 Å². The molecule has 15 heavy (non-hydrogen) atoms. The van der Waals surface area contributed by atoms with Crippen LogP contribution in [0.1, 0.15) is 46.5 Å². The maximum absolute atomic E-state index is 11.9. The standard InChI is InChI=1S/C12H24N2O/c1-4-7-10(2)13-11(3)12(15)14-8-5-6-9-14/h10-11,13H,4-9H2,1-3H3. The highest BCUT2D eigenvalue weighted by atomic mass is 16.2. The first-order chi connectivity index (χ1) is 7.15. The van der Waals surface area contributed by atoms with Crippen LogP contribution in [0.15, 0.2) is 0 Å². The topological polar surface area (TPSA) is 32.3 Å². The summed E-state index contributed by atoms with van der Waals surface area (Å²) >= 11 is 0. The Bertz CT molecular complexity index is 200. The number of carbonyl (C=O) groups excluding carboxylic acids is 1. The van der Waals surface area contributed by atoms with Crippen LogP contribution in [0, 0.1) is 0 Å². The number of carbonyl (C=O) groups is 1. The van der Waals surface area contributed by atoms with Gasteiger partial charge in [-0.2, -0.15) is 0 Å². The molecule has 1 aliphatic heterocycles. The molecule has 1 N–H and O–H groups in total. The number of hydrogen-bond acceptors (Lipinski definition) is 2. The third-order valence-electron chi connectivity index (χ3n) is 3.04. The van der Waals surface area contributed by atoms with Gasteiger partial charge in [0, 0.05) is 19.1 Å². The Morgan fingerprint density at radius 2 is 1.93 bits per heavy atom. The number of hydrogen-bond donors (Lipinski definition) is 1. The monoisotopic (exact) mass is 212 g/mol. The quantitative estimate of drug-likeness (QED) is 0.753. The van der Waals surface area contributed by atoms with Crippen molar-refractivity contribution in [2.45, 2.75) is 58.5 Å². The first kappa shape index (κ1) is 12.5. The Morgan fingerprint density at radius 3 is 2.47 bits per heavy atom. The number of rotatable bonds is 5. The summed E-state index contributed by atoms with van der Waals surface area (Å²) in [5.74, 6) is 0.274. The van der Waals surface area contributed by atoms with Crippen molar-refractivity contribution in [3.05, 3.63) is 0 Å². The summed E-state index contributed by atoms with van der Waals surface area (Å²) in [5.41, 5.74) is 0. The van der Waals surface area contributed by atoms with E-state index < -0.39 is 0 Å². The molecule has 3 nitrogen and oxygen atoms in total. The molecule has 0 bridgehead atoms. The number of amides is 1. The maximum Gasteiger partial charge on any atom is 0.239 e. The van der Waals surface area contributed by atoms with Crippen LogP contribution in [0.3, 0.4) is 0 Å². The first-order valence-electron chi connectivity index (χ1n) is 6.20. The number of nitrogens with one attached hydrogen (secondary N) is 1. The van der Waals surface area contributed by atoms with Gasteiger partial charge in [0.25, 0.3) is 0 Å². The number of nitrogens with zero attached hydrogens (tertiary/aromatic N) is 1. The fourth-order valence-electron chi connectivity index (χ4n) is 2.23. The summed E-state index contributed by atoms with van der Waals surface area (Å²) in [6, 6.07) is 0.418. The van der Waals surface area contributed by atoms with E-state index >= 15 is 0 Å². The smallest absolute Gasteiger partial charge is 0.239 e. The highest BCUT2D eigenvalue weighted by Gasteiger charge is 2.23. The van der Waals surface area contributed by atoms with Gasteiger partial charge in [-0.1, -0.05) is 13.3 Å². The van der Waals surface area contributed by atoms with E-state index in [2.05, 4.69) is 19.2 Å². The second-order valence-corrected chi connectivity index (χ2v) is 4.61. The van der Waals surface area contributed by atoms with Crippen molar-refractivity contribution in [3.63, 3.8) is 0 Å². The molecule has 1 heterocycles. The first-order valence-corrected chi connectivity index (χ1v) is 6.20. The summed E-state index contributed by atoms with van der Waals surface area (Å²) in [4.78, 5) is 13.9. The molecule has 0 saturated carbocycles. The molecule has 0 spiro atoms. The molecule has 88 valence electrons. The molecule has 1 aliphatic rings. The van der Waals surface area contributed by atoms with Crippen LogP contribution in [0.25, 0.3) is 0 Å². The van der Waals surface area contributed by atoms with E-state index in [9.17, 15) is 4.79 Å². The molecule has 2 unspecified atom stereocenters. The summed E-state index contributed by atoms with van der Waals surface area (Å²) in [6.07, 6.45) is 4.64. The molecule has 3 heteroatoms. The van der Waals surface area contributed by atoms with Crippen LogP contribution < -0.4 is 5.32 Å². The normalized spacial score (nSPS) is 20.3. The van der Waals surface area contributed by atoms with Crippen molar-refractivity contribution >= 4 is 5.91 Å². The summed E-state index contributed by atoms with van der Waals surface area (Å²) in [7, 11) is 0. The van der Waals surface area contributed by atoms with Gasteiger partial charge in [0.15, 0.2) is 0 Å². The van der Waals surface area contributed by atoms with Crippen molar-refractivity contribution in [1.82, 2.24) is 10.2 Å². The molecule has 0 aliphatic carbocycles. The molecule has 0 radical (unpaired) electrons. The molecular formula is C12H24N2O. The van der Waals surface area contributed by atoms with Crippen LogP contribution in [0.5, 0.6) is 0 Å². The third kappa shape index (κ3) is 3.82. The zero-order valence-corrected chi connectivity index (χ0v) is 10.3. The van der Waals surface area contributed by atoms with Crippen molar-refractivity contribution < 1.29 is 4.79 Å². The fourth-order valence-corrected chi connectivity index (χ4v) is 2.23. The van der Waals surface area contributed by atoms with Gasteiger partial charge in [0.1, 0.15) is 0 Å². The summed E-state index contributed by atoms with van der Waals surface area (Å²) in [5, 5.41) is 3.37. The van der Waals surface area contributed by atoms with Gasteiger partial charge >= 0.3 is 0 Å². The lowest BCUT2D eigenvalue weighted by Crippen LogP contribution is -2.46. The number of likely N-dealkylation sites (tertiary alicyclic amines) is 1. The average molecular weight is 212 g/mol. The average Bonchev–Trinajstić information content (AvgIpc) is 2.69. The van der Waals surface area contributed by atoms with Gasteiger partial charge in [-0.15, -0.1) is 0 Å². The summed E-state index contributed by atoms with van der Waals surface area (Å²) in [6.45, 7) is 8.20. The Hall–Kier alpha value is -0.570. The molecule has 0 aromatic heterocycles. The summed E-state index contributed by atoms with van der Waals surface area (Å²) < 4.78 is 0. The lowest BCUT2D eigenvalue weighted by molar-refractivity contribution is -0.132. The van der Waals surface area contributed by atoms with E-state index in [1.165, 1.54) is 19.3 Å². The van der Waals surface area contributed by atoms with Crippen LogP contribution in [0.4, 0.5) is 0 Å². The largest absolute Gasteiger partial charge is 0.341 e. The highest BCUT2D eigenvalue weighted by molar-refractivity contribution is 5.81. The van der Waals surface area contributed by atoms with Crippen molar-refractivity contribution in [2.75, 3.05) is 13.1 Å². The Labute approximate surface area is 93.2 Å². The Kier molecular flexibility index (Phi) is 5.09. The lowest BCUT2D eigenvalue weighted by atomic mass is 10.1. The van der Waals surface area contributed by atoms with E-state index in [1.54, 1.807) is 0 Å². The fraction of sp³-hybridized carbons (Fsp3) is 0.917. The molecule has 2 atom stereocenters. The predicted molar refractivity (Wildman–Crippen MR) is 62.8 cm³/mol. The second-order valence-electron chi connectivity index (χ2n) is 4.61. The van der Waals surface area contributed by atoms with Crippen molar-refractivity contribution in [1.29, 1.82) is 0 Å². The van der Waals surface area contributed by atoms with Gasteiger partial charge in [-0.05, 0) is 33.1 Å². The SMILES string of the molecule is CCCC(C)NC(C)C(=O)N1CCCC1. The minimum atomic E-state index is -0.0235.